The molecule has 0 unspecified atom stereocenters. The molecule has 0 spiro atoms. The summed E-state index contributed by atoms with van der Waals surface area (Å²) in [6, 6.07) is 2.03. The highest BCUT2D eigenvalue weighted by atomic mass is 79.9. The Kier molecular flexibility index (Phi) is 5.18. The van der Waals surface area contributed by atoms with Crippen molar-refractivity contribution < 1.29 is 4.74 Å². The molecule has 1 aliphatic rings. The number of nitrogens with one attached hydrogen (secondary N) is 1. The molecule has 2 rings (SSSR count). The van der Waals surface area contributed by atoms with Crippen LogP contribution in [-0.2, 0) is 11.3 Å². The number of pyridine rings is 1. The monoisotopic (exact) mass is 376 g/mol. The molecule has 0 saturated carbocycles. The largest absolute Gasteiger partial charge is 0.381 e. The summed E-state index contributed by atoms with van der Waals surface area (Å²) >= 11 is 6.94. The van der Waals surface area contributed by atoms with Gasteiger partial charge in [-0.25, -0.2) is 0 Å². The molecule has 0 radical (unpaired) electrons. The maximum absolute atomic E-state index is 5.41. The Labute approximate surface area is 125 Å². The summed E-state index contributed by atoms with van der Waals surface area (Å²) in [6.45, 7) is 5.91. The first-order valence-corrected chi connectivity index (χ1v) is 7.76. The topological polar surface area (TPSA) is 34.2 Å². The molecule has 0 atom stereocenters. The van der Waals surface area contributed by atoms with Crippen LogP contribution in [-0.4, -0.2) is 24.7 Å². The van der Waals surface area contributed by atoms with Crippen molar-refractivity contribution in [2.24, 2.45) is 5.41 Å². The van der Waals surface area contributed by atoms with Gasteiger partial charge in [-0.3, -0.25) is 4.98 Å². The second kappa shape index (κ2) is 6.46. The van der Waals surface area contributed by atoms with Crippen LogP contribution in [0.1, 0.15) is 25.5 Å². The molecule has 100 valence electrons. The Morgan fingerprint density at radius 1 is 1.39 bits per heavy atom. The molecule has 0 aliphatic carbocycles. The number of nitrogens with zero attached hydrogens (tertiary/aromatic N) is 1. The van der Waals surface area contributed by atoms with E-state index in [1.807, 2.05) is 12.3 Å². The molecule has 5 heteroatoms. The van der Waals surface area contributed by atoms with E-state index in [4.69, 9.17) is 4.74 Å². The Bertz CT molecular complexity index is 406. The van der Waals surface area contributed by atoms with E-state index in [1.54, 1.807) is 0 Å². The molecule has 1 aliphatic heterocycles. The number of hydrogen-bond acceptors (Lipinski definition) is 3. The van der Waals surface area contributed by atoms with Crippen LogP contribution in [0.4, 0.5) is 0 Å². The van der Waals surface area contributed by atoms with Gasteiger partial charge in [0.1, 0.15) is 0 Å². The van der Waals surface area contributed by atoms with Crippen molar-refractivity contribution in [1.82, 2.24) is 10.3 Å². The minimum Gasteiger partial charge on any atom is -0.381 e. The third-order valence-corrected chi connectivity index (χ3v) is 4.55. The number of ether oxygens (including phenoxy) is 1. The lowest BCUT2D eigenvalue weighted by Crippen LogP contribution is -2.36. The molecule has 1 saturated heterocycles. The minimum atomic E-state index is 0.361. The van der Waals surface area contributed by atoms with Gasteiger partial charge in [-0.15, -0.1) is 0 Å². The van der Waals surface area contributed by atoms with Gasteiger partial charge in [0.2, 0.25) is 0 Å². The summed E-state index contributed by atoms with van der Waals surface area (Å²) in [7, 11) is 0. The highest BCUT2D eigenvalue weighted by Gasteiger charge is 2.26. The van der Waals surface area contributed by atoms with Crippen molar-refractivity contribution in [2.75, 3.05) is 19.8 Å². The Morgan fingerprint density at radius 3 is 2.78 bits per heavy atom. The Morgan fingerprint density at radius 2 is 2.11 bits per heavy atom. The van der Waals surface area contributed by atoms with Crippen molar-refractivity contribution in [2.45, 2.75) is 26.3 Å². The molecular formula is C13H18Br2N2O. The Hall–Kier alpha value is 0.0300. The molecule has 1 aromatic heterocycles. The Balaban J connectivity index is 1.84. The average molecular weight is 378 g/mol. The molecule has 0 amide bonds. The standard InChI is InChI=1S/C13H18Br2N2O/c1-13(2-4-18-5-3-13)9-16-8-12-11(15)6-10(14)7-17-12/h6-7,16H,2-5,8-9H2,1H3. The van der Waals surface area contributed by atoms with Crippen LogP contribution < -0.4 is 5.32 Å². The van der Waals surface area contributed by atoms with Gasteiger partial charge in [0.25, 0.3) is 0 Å². The third-order valence-electron chi connectivity index (χ3n) is 3.43. The van der Waals surface area contributed by atoms with Crippen molar-refractivity contribution in [1.29, 1.82) is 0 Å². The fraction of sp³-hybridized carbons (Fsp3) is 0.615. The van der Waals surface area contributed by atoms with Crippen molar-refractivity contribution in [3.63, 3.8) is 0 Å². The van der Waals surface area contributed by atoms with Crippen molar-refractivity contribution in [3.8, 4) is 0 Å². The molecule has 0 bridgehead atoms. The van der Waals surface area contributed by atoms with E-state index in [0.29, 0.717) is 5.41 Å². The predicted octanol–water partition coefficient (Wildman–Crippen LogP) is 3.51. The molecule has 1 aromatic rings. The van der Waals surface area contributed by atoms with Crippen LogP contribution in [0.15, 0.2) is 21.2 Å². The van der Waals surface area contributed by atoms with Gasteiger partial charge in [0.05, 0.1) is 5.69 Å². The van der Waals surface area contributed by atoms with E-state index in [-0.39, 0.29) is 0 Å². The van der Waals surface area contributed by atoms with Gasteiger partial charge in [-0.2, -0.15) is 0 Å². The number of halogens is 2. The highest BCUT2D eigenvalue weighted by Crippen LogP contribution is 2.29. The van der Waals surface area contributed by atoms with Crippen molar-refractivity contribution >= 4 is 31.9 Å². The van der Waals surface area contributed by atoms with E-state index in [1.165, 1.54) is 0 Å². The van der Waals surface area contributed by atoms with Crippen LogP contribution in [0.5, 0.6) is 0 Å². The summed E-state index contributed by atoms with van der Waals surface area (Å²) in [4.78, 5) is 4.40. The maximum Gasteiger partial charge on any atom is 0.0684 e. The third kappa shape index (κ3) is 4.02. The summed E-state index contributed by atoms with van der Waals surface area (Å²) in [5.41, 5.74) is 1.41. The normalized spacial score (nSPS) is 18.8. The van der Waals surface area contributed by atoms with Gasteiger partial charge in [-0.1, -0.05) is 6.92 Å². The molecule has 1 fully saturated rings. The maximum atomic E-state index is 5.41. The van der Waals surface area contributed by atoms with Crippen LogP contribution >= 0.6 is 31.9 Å². The van der Waals surface area contributed by atoms with Crippen LogP contribution in [0.2, 0.25) is 0 Å². The molecule has 1 N–H and O–H groups in total. The first kappa shape index (κ1) is 14.4. The van der Waals surface area contributed by atoms with Crippen LogP contribution in [0.3, 0.4) is 0 Å². The zero-order chi connectivity index (χ0) is 13.0. The summed E-state index contributed by atoms with van der Waals surface area (Å²) in [5, 5.41) is 3.51. The zero-order valence-corrected chi connectivity index (χ0v) is 13.7. The lowest BCUT2D eigenvalue weighted by molar-refractivity contribution is 0.0239. The van der Waals surface area contributed by atoms with E-state index < -0.39 is 0 Å². The van der Waals surface area contributed by atoms with Gasteiger partial charge in [-0.05, 0) is 56.2 Å². The van der Waals surface area contributed by atoms with E-state index >= 15 is 0 Å². The molecular weight excluding hydrogens is 360 g/mol. The first-order valence-electron chi connectivity index (χ1n) is 6.17. The summed E-state index contributed by atoms with van der Waals surface area (Å²) < 4.78 is 7.45. The molecule has 18 heavy (non-hydrogen) atoms. The van der Waals surface area contributed by atoms with Gasteiger partial charge in [0.15, 0.2) is 0 Å². The van der Waals surface area contributed by atoms with Crippen LogP contribution in [0, 0.1) is 5.41 Å². The number of hydrogen-bond donors (Lipinski definition) is 1. The smallest absolute Gasteiger partial charge is 0.0684 e. The lowest BCUT2D eigenvalue weighted by Gasteiger charge is -2.33. The SMILES string of the molecule is CC1(CNCc2ncc(Br)cc2Br)CCOCC1. The van der Waals surface area contributed by atoms with Crippen molar-refractivity contribution in [3.05, 3.63) is 26.9 Å². The van der Waals surface area contributed by atoms with E-state index in [2.05, 4.69) is 49.1 Å². The fourth-order valence-corrected chi connectivity index (χ4v) is 3.22. The lowest BCUT2D eigenvalue weighted by atomic mass is 9.82. The average Bonchev–Trinajstić information content (AvgIpc) is 2.33. The highest BCUT2D eigenvalue weighted by molar-refractivity contribution is 9.11. The quantitative estimate of drug-likeness (QED) is 0.871. The summed E-state index contributed by atoms with van der Waals surface area (Å²) in [5.74, 6) is 0. The molecule has 0 aromatic carbocycles. The van der Waals surface area contributed by atoms with E-state index in [9.17, 15) is 0 Å². The second-order valence-corrected chi connectivity index (χ2v) is 6.88. The van der Waals surface area contributed by atoms with Crippen LogP contribution in [0.25, 0.3) is 0 Å². The predicted molar refractivity (Wildman–Crippen MR) is 79.5 cm³/mol. The number of aromatic nitrogens is 1. The van der Waals surface area contributed by atoms with Gasteiger partial charge in [0, 0.05) is 41.4 Å². The molecule has 3 nitrogen and oxygen atoms in total. The first-order chi connectivity index (χ1) is 8.59. The van der Waals surface area contributed by atoms with Gasteiger partial charge >= 0.3 is 0 Å². The van der Waals surface area contributed by atoms with E-state index in [0.717, 1.165) is 53.8 Å². The summed E-state index contributed by atoms with van der Waals surface area (Å²) in [6.07, 6.45) is 4.10. The van der Waals surface area contributed by atoms with Gasteiger partial charge < -0.3 is 10.1 Å². The fourth-order valence-electron chi connectivity index (χ4n) is 2.10. The second-order valence-electron chi connectivity index (χ2n) is 5.11. The molecule has 2 heterocycles. The zero-order valence-electron chi connectivity index (χ0n) is 10.5. The minimum absolute atomic E-state index is 0.361. The number of rotatable bonds is 4.